The molecule has 1 N–H and O–H groups in total. The third-order valence-electron chi connectivity index (χ3n) is 5.36. The van der Waals surface area contributed by atoms with Gasteiger partial charge in [-0.3, -0.25) is 4.90 Å². The van der Waals surface area contributed by atoms with Crippen LogP contribution in [-0.2, 0) is 13.6 Å². The topological polar surface area (TPSA) is 50.5 Å². The fraction of sp³-hybridized carbons (Fsp3) is 0.370. The van der Waals surface area contributed by atoms with Crippen molar-refractivity contribution in [3.8, 4) is 22.9 Å². The molecule has 1 aromatic heterocycles. The van der Waals surface area contributed by atoms with Gasteiger partial charge in [-0.25, -0.2) is 9.07 Å². The van der Waals surface area contributed by atoms with Gasteiger partial charge in [-0.05, 0) is 30.9 Å². The zero-order chi connectivity index (χ0) is 23.8. The fourth-order valence-corrected chi connectivity index (χ4v) is 3.93. The third kappa shape index (κ3) is 6.76. The first kappa shape index (κ1) is 24.7. The number of hydrogen-bond acceptors (Lipinski definition) is 4. The summed E-state index contributed by atoms with van der Waals surface area (Å²) < 4.78 is 22.1. The quantitative estimate of drug-likeness (QED) is 0.354. The summed E-state index contributed by atoms with van der Waals surface area (Å²) in [5.74, 6) is 0.630. The highest BCUT2D eigenvalue weighted by Crippen LogP contribution is 2.35. The molecule has 0 aliphatic carbocycles. The number of aryl methyl sites for hydroxylation is 1. The van der Waals surface area contributed by atoms with Crippen LogP contribution in [0, 0.1) is 11.7 Å². The van der Waals surface area contributed by atoms with Gasteiger partial charge in [0, 0.05) is 32.2 Å². The first-order valence-electron chi connectivity index (χ1n) is 11.4. The van der Waals surface area contributed by atoms with E-state index in [0.29, 0.717) is 31.3 Å². The monoisotopic (exact) mass is 451 g/mol. The fourth-order valence-electron chi connectivity index (χ4n) is 3.93. The van der Waals surface area contributed by atoms with Crippen molar-refractivity contribution >= 4 is 0 Å². The minimum absolute atomic E-state index is 0.155. The summed E-state index contributed by atoms with van der Waals surface area (Å²) in [5, 5.41) is 15.3. The Labute approximate surface area is 196 Å². The van der Waals surface area contributed by atoms with Gasteiger partial charge in [-0.1, -0.05) is 62.4 Å². The van der Waals surface area contributed by atoms with Crippen molar-refractivity contribution in [2.75, 3.05) is 13.1 Å². The number of aromatic nitrogens is 2. The van der Waals surface area contributed by atoms with Crippen molar-refractivity contribution < 1.29 is 14.2 Å². The van der Waals surface area contributed by atoms with E-state index in [1.54, 1.807) is 29.9 Å². The summed E-state index contributed by atoms with van der Waals surface area (Å²) in [7, 11) is 1.80. The number of hydrogen-bond donors (Lipinski definition) is 1. The molecule has 0 aliphatic heterocycles. The predicted molar refractivity (Wildman–Crippen MR) is 131 cm³/mol. The Morgan fingerprint density at radius 1 is 1.12 bits per heavy atom. The van der Waals surface area contributed by atoms with E-state index in [2.05, 4.69) is 25.3 Å². The van der Waals surface area contributed by atoms with Crippen LogP contribution in [0.1, 0.15) is 32.3 Å². The van der Waals surface area contributed by atoms with Gasteiger partial charge in [0.2, 0.25) is 5.88 Å². The Morgan fingerprint density at radius 2 is 1.82 bits per heavy atom. The number of aliphatic hydroxyl groups is 1. The van der Waals surface area contributed by atoms with Crippen LogP contribution in [0.25, 0.3) is 11.3 Å². The molecule has 0 spiro atoms. The van der Waals surface area contributed by atoms with Gasteiger partial charge >= 0.3 is 0 Å². The summed E-state index contributed by atoms with van der Waals surface area (Å²) in [6, 6.07) is 16.3. The van der Waals surface area contributed by atoms with Crippen LogP contribution in [-0.4, -0.2) is 39.0 Å². The molecule has 3 rings (SSSR count). The second-order valence-corrected chi connectivity index (χ2v) is 8.76. The van der Waals surface area contributed by atoms with Crippen molar-refractivity contribution in [2.45, 2.75) is 39.3 Å². The highest BCUT2D eigenvalue weighted by molar-refractivity contribution is 5.65. The smallest absolute Gasteiger partial charge is 0.222 e. The zero-order valence-electron chi connectivity index (χ0n) is 19.7. The first-order chi connectivity index (χ1) is 15.9. The van der Waals surface area contributed by atoms with Crippen LogP contribution in [0.5, 0.6) is 11.6 Å². The summed E-state index contributed by atoms with van der Waals surface area (Å²) in [5.41, 5.74) is 2.62. The largest absolute Gasteiger partial charge is 0.436 e. The highest BCUT2D eigenvalue weighted by Gasteiger charge is 2.24. The Balaban J connectivity index is 2.00. The number of rotatable bonds is 12. The third-order valence-corrected chi connectivity index (χ3v) is 5.36. The van der Waals surface area contributed by atoms with Crippen molar-refractivity contribution in [1.82, 2.24) is 14.7 Å². The summed E-state index contributed by atoms with van der Waals surface area (Å²) in [6.45, 7) is 9.90. The standard InChI is InChI=1S/C27H34FN3O2/c1-5-6-14-22(32)18-31(17-20(2)3)19-23-26(21-12-8-7-9-13-21)29-30(4)27(23)33-25-16-11-10-15-24(25)28/h5,7-13,15-16,20,22,32H,1,6,14,17-19H2,2-4H3/t22-/m0/s1. The van der Waals surface area contributed by atoms with Gasteiger partial charge in [-0.15, -0.1) is 6.58 Å². The molecule has 0 aliphatic rings. The van der Waals surface area contributed by atoms with E-state index in [4.69, 9.17) is 9.84 Å². The highest BCUT2D eigenvalue weighted by atomic mass is 19.1. The first-order valence-corrected chi connectivity index (χ1v) is 11.4. The number of halogens is 1. The maximum Gasteiger partial charge on any atom is 0.222 e. The van der Waals surface area contributed by atoms with Crippen LogP contribution in [0.4, 0.5) is 4.39 Å². The number of ether oxygens (including phenoxy) is 1. The van der Waals surface area contributed by atoms with Crippen molar-refractivity contribution in [1.29, 1.82) is 0 Å². The molecule has 0 radical (unpaired) electrons. The molecule has 6 heteroatoms. The van der Waals surface area contributed by atoms with Crippen LogP contribution in [0.3, 0.4) is 0 Å². The second kappa shape index (κ2) is 11.8. The van der Waals surface area contributed by atoms with E-state index in [1.807, 2.05) is 36.4 Å². The lowest BCUT2D eigenvalue weighted by Crippen LogP contribution is -2.35. The number of nitrogens with zero attached hydrogens (tertiary/aromatic N) is 3. The number of aliphatic hydroxyl groups excluding tert-OH is 1. The Kier molecular flexibility index (Phi) is 8.80. The lowest BCUT2D eigenvalue weighted by Gasteiger charge is -2.27. The van der Waals surface area contributed by atoms with E-state index in [-0.39, 0.29) is 5.75 Å². The van der Waals surface area contributed by atoms with E-state index in [9.17, 15) is 9.50 Å². The van der Waals surface area contributed by atoms with Gasteiger partial charge in [0.1, 0.15) is 5.69 Å². The van der Waals surface area contributed by atoms with E-state index in [0.717, 1.165) is 29.8 Å². The average Bonchev–Trinajstić information content (AvgIpc) is 3.09. The summed E-state index contributed by atoms with van der Waals surface area (Å²) >= 11 is 0. The Bertz CT molecular complexity index is 1030. The summed E-state index contributed by atoms with van der Waals surface area (Å²) in [6.07, 6.45) is 2.79. The average molecular weight is 452 g/mol. The van der Waals surface area contributed by atoms with Crippen molar-refractivity contribution in [2.24, 2.45) is 13.0 Å². The van der Waals surface area contributed by atoms with Gasteiger partial charge in [0.25, 0.3) is 0 Å². The SMILES string of the molecule is C=CCC[C@H](O)CN(Cc1c(-c2ccccc2)nn(C)c1Oc1ccccc1F)CC(C)C. The van der Waals surface area contributed by atoms with Gasteiger partial charge in [-0.2, -0.15) is 5.10 Å². The maximum atomic E-state index is 14.4. The predicted octanol–water partition coefficient (Wildman–Crippen LogP) is 5.80. The normalized spacial score (nSPS) is 12.3. The van der Waals surface area contributed by atoms with E-state index in [1.165, 1.54) is 6.07 Å². The van der Waals surface area contributed by atoms with E-state index >= 15 is 0 Å². The lowest BCUT2D eigenvalue weighted by atomic mass is 10.1. The molecule has 0 unspecified atom stereocenters. The second-order valence-electron chi connectivity index (χ2n) is 8.76. The minimum atomic E-state index is -0.463. The minimum Gasteiger partial charge on any atom is -0.436 e. The molecule has 3 aromatic rings. The number of allylic oxidation sites excluding steroid dienone is 1. The molecular weight excluding hydrogens is 417 g/mol. The molecule has 5 nitrogen and oxygen atoms in total. The van der Waals surface area contributed by atoms with Crippen molar-refractivity contribution in [3.63, 3.8) is 0 Å². The van der Waals surface area contributed by atoms with Gasteiger partial charge < -0.3 is 9.84 Å². The molecule has 176 valence electrons. The molecule has 0 saturated carbocycles. The van der Waals surface area contributed by atoms with E-state index < -0.39 is 11.9 Å². The van der Waals surface area contributed by atoms with Crippen LogP contribution >= 0.6 is 0 Å². The molecule has 0 saturated heterocycles. The Hall–Kier alpha value is -2.96. The molecule has 0 fully saturated rings. The molecular formula is C27H34FN3O2. The summed E-state index contributed by atoms with van der Waals surface area (Å²) in [4.78, 5) is 2.22. The van der Waals surface area contributed by atoms with Gasteiger partial charge in [0.05, 0.1) is 11.7 Å². The number of para-hydroxylation sites is 1. The molecule has 2 aromatic carbocycles. The molecule has 0 bridgehead atoms. The number of benzene rings is 2. The molecule has 1 heterocycles. The molecule has 1 atom stereocenters. The maximum absolute atomic E-state index is 14.4. The molecule has 0 amide bonds. The lowest BCUT2D eigenvalue weighted by molar-refractivity contribution is 0.0953. The van der Waals surface area contributed by atoms with Crippen LogP contribution in [0.15, 0.2) is 67.3 Å². The Morgan fingerprint density at radius 3 is 2.48 bits per heavy atom. The zero-order valence-corrected chi connectivity index (χ0v) is 19.7. The van der Waals surface area contributed by atoms with Gasteiger partial charge in [0.15, 0.2) is 11.6 Å². The molecule has 33 heavy (non-hydrogen) atoms. The van der Waals surface area contributed by atoms with Crippen LogP contribution < -0.4 is 4.74 Å². The van der Waals surface area contributed by atoms with Crippen LogP contribution in [0.2, 0.25) is 0 Å². The van der Waals surface area contributed by atoms with Crippen molar-refractivity contribution in [3.05, 3.63) is 78.6 Å².